The zero-order chi connectivity index (χ0) is 27.4. The van der Waals surface area contributed by atoms with E-state index < -0.39 is 11.9 Å². The topological polar surface area (TPSA) is 174 Å². The minimum absolute atomic E-state index is 0.000827. The van der Waals surface area contributed by atoms with Gasteiger partial charge < -0.3 is 25.6 Å². The van der Waals surface area contributed by atoms with Crippen molar-refractivity contribution in [2.45, 2.75) is 13.8 Å². The number of fused-ring (bicyclic) bond motifs is 1. The predicted octanol–water partition coefficient (Wildman–Crippen LogP) is 4.28. The molecule has 1 heterocycles. The van der Waals surface area contributed by atoms with Crippen LogP contribution in [-0.2, 0) is 9.59 Å². The molecule has 1 aromatic heterocycles. The van der Waals surface area contributed by atoms with Crippen molar-refractivity contribution < 1.29 is 28.8 Å². The van der Waals surface area contributed by atoms with E-state index in [-0.39, 0.29) is 46.3 Å². The fraction of sp³-hybridized carbons (Fsp3) is 0.111. The maximum absolute atomic E-state index is 13.1. The Bertz CT molecular complexity index is 1650. The van der Waals surface area contributed by atoms with Crippen LogP contribution in [0.15, 0.2) is 59.1 Å². The molecule has 0 aliphatic carbocycles. The van der Waals surface area contributed by atoms with E-state index >= 15 is 0 Å². The highest BCUT2D eigenvalue weighted by atomic mass is 16.5. The number of hydrogen-bond donors (Lipinski definition) is 4. The van der Waals surface area contributed by atoms with Crippen LogP contribution in [0.3, 0.4) is 0 Å². The van der Waals surface area contributed by atoms with E-state index in [1.165, 1.54) is 26.0 Å². The standard InChI is InChI=1S/C27H21N5O6/c1-14(33)13-29-23-10-20-24(11-18(23)17-5-3-4-6-21(17)30-15(2)34)38-32-25(20)26(35)31-22-8-7-16(12-28)9-19(22)27(36)37/h3-11,29H,13H2,1-2H3,(H,30,34)(H,31,35)(H,36,37). The van der Waals surface area contributed by atoms with Gasteiger partial charge in [0.15, 0.2) is 11.3 Å². The molecule has 11 heteroatoms. The molecule has 0 bridgehead atoms. The number of carboxylic acids is 1. The molecule has 0 spiro atoms. The van der Waals surface area contributed by atoms with E-state index in [1.807, 2.05) is 6.07 Å². The van der Waals surface area contributed by atoms with Crippen molar-refractivity contribution in [3.8, 4) is 17.2 Å². The van der Waals surface area contributed by atoms with Crippen molar-refractivity contribution in [3.05, 3.63) is 71.4 Å². The third kappa shape index (κ3) is 5.34. The average Bonchev–Trinajstić information content (AvgIpc) is 3.30. The van der Waals surface area contributed by atoms with Crippen LogP contribution in [0, 0.1) is 11.3 Å². The van der Waals surface area contributed by atoms with Crippen molar-refractivity contribution in [3.63, 3.8) is 0 Å². The van der Waals surface area contributed by atoms with Crippen molar-refractivity contribution in [1.82, 2.24) is 5.16 Å². The number of anilines is 3. The minimum Gasteiger partial charge on any atom is -0.478 e. The van der Waals surface area contributed by atoms with Gasteiger partial charge >= 0.3 is 5.97 Å². The molecule has 0 saturated carbocycles. The van der Waals surface area contributed by atoms with Crippen molar-refractivity contribution in [1.29, 1.82) is 5.26 Å². The highest BCUT2D eigenvalue weighted by Crippen LogP contribution is 2.38. The summed E-state index contributed by atoms with van der Waals surface area (Å²) in [5, 5.41) is 31.1. The van der Waals surface area contributed by atoms with Gasteiger partial charge in [-0.15, -0.1) is 0 Å². The Morgan fingerprint density at radius 3 is 2.39 bits per heavy atom. The van der Waals surface area contributed by atoms with Gasteiger partial charge in [-0.2, -0.15) is 5.26 Å². The Kier molecular flexibility index (Phi) is 7.16. The van der Waals surface area contributed by atoms with E-state index in [9.17, 15) is 24.3 Å². The number of amides is 2. The van der Waals surface area contributed by atoms with Crippen molar-refractivity contribution >= 4 is 51.6 Å². The number of para-hydroxylation sites is 1. The van der Waals surface area contributed by atoms with Crippen molar-refractivity contribution in [2.24, 2.45) is 0 Å². The average molecular weight is 511 g/mol. The normalized spacial score (nSPS) is 10.4. The highest BCUT2D eigenvalue weighted by molar-refractivity contribution is 6.14. The molecule has 3 aromatic carbocycles. The fourth-order valence-corrected chi connectivity index (χ4v) is 3.83. The summed E-state index contributed by atoms with van der Waals surface area (Å²) in [7, 11) is 0. The number of rotatable bonds is 8. The molecule has 11 nitrogen and oxygen atoms in total. The van der Waals surface area contributed by atoms with Gasteiger partial charge in [-0.05, 0) is 43.3 Å². The number of aromatic carboxylic acids is 1. The van der Waals surface area contributed by atoms with E-state index in [1.54, 1.807) is 36.4 Å². The molecule has 4 rings (SSSR count). The summed E-state index contributed by atoms with van der Waals surface area (Å²) in [6, 6.07) is 16.0. The summed E-state index contributed by atoms with van der Waals surface area (Å²) in [4.78, 5) is 48.2. The first-order valence-electron chi connectivity index (χ1n) is 11.3. The predicted molar refractivity (Wildman–Crippen MR) is 139 cm³/mol. The number of carboxylic acid groups (broad SMARTS) is 1. The lowest BCUT2D eigenvalue weighted by atomic mass is 9.99. The van der Waals surface area contributed by atoms with Crippen LogP contribution < -0.4 is 16.0 Å². The number of hydrogen-bond acceptors (Lipinski definition) is 8. The van der Waals surface area contributed by atoms with Gasteiger partial charge in [0.2, 0.25) is 5.91 Å². The summed E-state index contributed by atoms with van der Waals surface area (Å²) >= 11 is 0. The van der Waals surface area contributed by atoms with Crippen LogP contribution in [0.1, 0.15) is 40.3 Å². The van der Waals surface area contributed by atoms with Gasteiger partial charge in [0.1, 0.15) is 5.78 Å². The van der Waals surface area contributed by atoms with E-state index in [4.69, 9.17) is 9.78 Å². The number of carbonyl (C=O) groups is 4. The Morgan fingerprint density at radius 2 is 1.71 bits per heavy atom. The van der Waals surface area contributed by atoms with Gasteiger partial charge in [-0.3, -0.25) is 14.4 Å². The zero-order valence-corrected chi connectivity index (χ0v) is 20.3. The van der Waals surface area contributed by atoms with Crippen LogP contribution in [-0.4, -0.2) is 40.4 Å². The van der Waals surface area contributed by atoms with E-state index in [2.05, 4.69) is 21.1 Å². The summed E-state index contributed by atoms with van der Waals surface area (Å²) < 4.78 is 5.43. The largest absolute Gasteiger partial charge is 0.478 e. The number of ketones is 1. The molecule has 0 radical (unpaired) electrons. The summed E-state index contributed by atoms with van der Waals surface area (Å²) in [5.41, 5.74) is 2.22. The van der Waals surface area contributed by atoms with E-state index in [0.717, 1.165) is 6.07 Å². The van der Waals surface area contributed by atoms with Crippen LogP contribution in [0.25, 0.3) is 22.1 Å². The van der Waals surface area contributed by atoms with Gasteiger partial charge in [0.05, 0.1) is 34.8 Å². The first kappa shape index (κ1) is 25.6. The summed E-state index contributed by atoms with van der Waals surface area (Å²) in [6.45, 7) is 2.81. The minimum atomic E-state index is -1.32. The molecule has 0 aliphatic heterocycles. The Labute approximate surface area is 216 Å². The first-order chi connectivity index (χ1) is 18.2. The third-order valence-electron chi connectivity index (χ3n) is 5.51. The van der Waals surface area contributed by atoms with Crippen molar-refractivity contribution in [2.75, 3.05) is 22.5 Å². The van der Waals surface area contributed by atoms with Crippen LogP contribution in [0.4, 0.5) is 17.1 Å². The molecule has 190 valence electrons. The molecule has 0 saturated heterocycles. The van der Waals surface area contributed by atoms with Gasteiger partial charge in [-0.1, -0.05) is 23.4 Å². The first-order valence-corrected chi connectivity index (χ1v) is 11.3. The van der Waals surface area contributed by atoms with Gasteiger partial charge in [0.25, 0.3) is 5.91 Å². The highest BCUT2D eigenvalue weighted by Gasteiger charge is 2.22. The Morgan fingerprint density at radius 1 is 0.947 bits per heavy atom. The Hall–Kier alpha value is -5.50. The Balaban J connectivity index is 1.79. The zero-order valence-electron chi connectivity index (χ0n) is 20.3. The maximum atomic E-state index is 13.1. The number of nitrogens with zero attached hydrogens (tertiary/aromatic N) is 2. The van der Waals surface area contributed by atoms with E-state index in [0.29, 0.717) is 27.9 Å². The maximum Gasteiger partial charge on any atom is 0.337 e. The lowest BCUT2D eigenvalue weighted by molar-refractivity contribution is -0.115. The molecule has 0 fully saturated rings. The number of nitriles is 1. The van der Waals surface area contributed by atoms with Crippen LogP contribution >= 0.6 is 0 Å². The number of carbonyl (C=O) groups excluding carboxylic acids is 3. The molecule has 0 unspecified atom stereocenters. The van der Waals surface area contributed by atoms with Gasteiger partial charge in [-0.25, -0.2) is 4.79 Å². The monoisotopic (exact) mass is 511 g/mol. The second-order valence-electron chi connectivity index (χ2n) is 8.34. The number of aromatic nitrogens is 1. The second-order valence-corrected chi connectivity index (χ2v) is 8.34. The molecule has 2 amide bonds. The number of Topliss-reactive ketones (excluding diaryl/α,β-unsaturated/α-hetero) is 1. The van der Waals surface area contributed by atoms with Crippen LogP contribution in [0.5, 0.6) is 0 Å². The lowest BCUT2D eigenvalue weighted by Crippen LogP contribution is -2.16. The molecular formula is C27H21N5O6. The molecule has 0 aliphatic rings. The third-order valence-corrected chi connectivity index (χ3v) is 5.51. The molecule has 4 aromatic rings. The molecular weight excluding hydrogens is 490 g/mol. The van der Waals surface area contributed by atoms with Crippen LogP contribution in [0.2, 0.25) is 0 Å². The molecule has 4 N–H and O–H groups in total. The summed E-state index contributed by atoms with van der Waals surface area (Å²) in [5.74, 6) is -2.45. The number of nitrogens with one attached hydrogen (secondary N) is 3. The quantitative estimate of drug-likeness (QED) is 0.269. The van der Waals surface area contributed by atoms with Gasteiger partial charge in [0, 0.05) is 29.4 Å². The fourth-order valence-electron chi connectivity index (χ4n) is 3.83. The SMILES string of the molecule is CC(=O)CNc1cc2c(C(=O)Nc3ccc(C#N)cc3C(=O)O)noc2cc1-c1ccccc1NC(C)=O. The lowest BCUT2D eigenvalue weighted by Gasteiger charge is -2.15. The number of benzene rings is 3. The molecule has 38 heavy (non-hydrogen) atoms. The second kappa shape index (κ2) is 10.6. The smallest absolute Gasteiger partial charge is 0.337 e. The molecule has 0 atom stereocenters. The summed E-state index contributed by atoms with van der Waals surface area (Å²) in [6.07, 6.45) is 0.